The topological polar surface area (TPSA) is 133 Å². The largest absolute Gasteiger partial charge is 0.347 e. The predicted octanol–water partition coefficient (Wildman–Crippen LogP) is 3.89. The molecule has 5 atom stereocenters. The van der Waals surface area contributed by atoms with Crippen molar-refractivity contribution < 1.29 is 24.0 Å². The van der Waals surface area contributed by atoms with E-state index >= 15 is 0 Å². The molecule has 0 saturated heterocycles. The van der Waals surface area contributed by atoms with Crippen molar-refractivity contribution in [3.05, 3.63) is 71.8 Å². The molecule has 1 fully saturated rings. The summed E-state index contributed by atoms with van der Waals surface area (Å²) in [4.78, 5) is 65.7. The number of carbonyl (C=O) groups excluding carboxylic acids is 5. The summed E-state index contributed by atoms with van der Waals surface area (Å²) in [6.07, 6.45) is 4.28. The van der Waals surface area contributed by atoms with E-state index in [2.05, 4.69) is 21.3 Å². The van der Waals surface area contributed by atoms with Crippen molar-refractivity contribution in [1.29, 1.82) is 0 Å². The lowest BCUT2D eigenvalue weighted by atomic mass is 9.87. The van der Waals surface area contributed by atoms with Crippen LogP contribution in [-0.2, 0) is 36.8 Å². The quantitative estimate of drug-likeness (QED) is 0.177. The van der Waals surface area contributed by atoms with Crippen LogP contribution in [0.5, 0.6) is 0 Å². The van der Waals surface area contributed by atoms with Gasteiger partial charge in [0, 0.05) is 11.8 Å². The van der Waals surface area contributed by atoms with Crippen LogP contribution in [0.2, 0.25) is 0 Å². The van der Waals surface area contributed by atoms with Gasteiger partial charge in [0.1, 0.15) is 18.1 Å². The summed E-state index contributed by atoms with van der Waals surface area (Å²) in [6, 6.07) is 15.6. The van der Waals surface area contributed by atoms with Gasteiger partial charge in [0.2, 0.25) is 24.1 Å². The van der Waals surface area contributed by atoms with Crippen molar-refractivity contribution in [3.63, 3.8) is 0 Å². The predicted molar refractivity (Wildman–Crippen MR) is 175 cm³/mol. The first-order valence-corrected chi connectivity index (χ1v) is 16.2. The van der Waals surface area contributed by atoms with E-state index in [0.717, 1.165) is 24.0 Å². The lowest BCUT2D eigenvalue weighted by Gasteiger charge is -2.29. The summed E-state index contributed by atoms with van der Waals surface area (Å²) in [5.41, 5.74) is 1.46. The second-order valence-electron chi connectivity index (χ2n) is 13.1. The molecule has 0 aromatic heterocycles. The van der Waals surface area contributed by atoms with E-state index in [1.165, 1.54) is 0 Å². The first kappa shape index (κ1) is 35.5. The van der Waals surface area contributed by atoms with Crippen molar-refractivity contribution >= 4 is 29.9 Å². The Kier molecular flexibility index (Phi) is 13.3. The van der Waals surface area contributed by atoms with Gasteiger partial charge in [-0.25, -0.2) is 0 Å². The number of ketones is 1. The van der Waals surface area contributed by atoms with Crippen molar-refractivity contribution in [3.8, 4) is 0 Å². The zero-order valence-electron chi connectivity index (χ0n) is 27.3. The molecule has 45 heavy (non-hydrogen) atoms. The Morgan fingerprint density at radius 3 is 1.84 bits per heavy atom. The van der Waals surface area contributed by atoms with Gasteiger partial charge in [0.15, 0.2) is 5.78 Å². The van der Waals surface area contributed by atoms with Crippen LogP contribution in [0.25, 0.3) is 0 Å². The molecule has 0 radical (unpaired) electrons. The fourth-order valence-electron chi connectivity index (χ4n) is 5.40. The van der Waals surface area contributed by atoms with E-state index in [4.69, 9.17) is 0 Å². The fraction of sp³-hybridized carbons (Fsp3) is 0.528. The second kappa shape index (κ2) is 16.9. The van der Waals surface area contributed by atoms with Crippen LogP contribution in [-0.4, -0.2) is 54.1 Å². The van der Waals surface area contributed by atoms with Crippen molar-refractivity contribution in [2.24, 2.45) is 17.3 Å². The highest BCUT2D eigenvalue weighted by Gasteiger charge is 2.49. The van der Waals surface area contributed by atoms with Crippen molar-refractivity contribution in [2.45, 2.75) is 104 Å². The molecule has 9 nitrogen and oxygen atoms in total. The van der Waals surface area contributed by atoms with Gasteiger partial charge in [-0.3, -0.25) is 24.0 Å². The van der Waals surface area contributed by atoms with Crippen LogP contribution in [0.4, 0.5) is 0 Å². The number of aryl methyl sites for hydroxylation is 1. The highest BCUT2D eigenvalue weighted by Crippen LogP contribution is 2.47. The Bertz CT molecular complexity index is 1280. The number of hydrogen-bond acceptors (Lipinski definition) is 5. The molecular weight excluding hydrogens is 568 g/mol. The van der Waals surface area contributed by atoms with E-state index < -0.39 is 47.3 Å². The molecule has 2 aromatic rings. The summed E-state index contributed by atoms with van der Waals surface area (Å²) in [7, 11) is 0. The van der Waals surface area contributed by atoms with Crippen LogP contribution in [0.3, 0.4) is 0 Å². The van der Waals surface area contributed by atoms with Gasteiger partial charge in [-0.15, -0.1) is 0 Å². The molecule has 1 aliphatic rings. The standard InChI is InChI=1S/C36H50N4O5/c1-6-25(4)31(32(42)36(5)19-20-36)40-35(45)30(22-27-15-11-8-12-16-27)39-34(44)29(21-24(2)3)38-33(43)28(37-23-41)18-17-26-13-9-7-10-14-26/h7-16,23-25,28-31H,6,17-22H2,1-5H3,(H,37,41)(H,38,43)(H,39,44)(H,40,45)/t25?,28-,29?,30-,31?/m0/s1. The number of hydrogen-bond donors (Lipinski definition) is 4. The average Bonchev–Trinajstić information content (AvgIpc) is 3.79. The third-order valence-electron chi connectivity index (χ3n) is 8.79. The van der Waals surface area contributed by atoms with Gasteiger partial charge in [0.05, 0.1) is 6.04 Å². The molecule has 4 N–H and O–H groups in total. The Morgan fingerprint density at radius 1 is 0.778 bits per heavy atom. The van der Waals surface area contributed by atoms with Crippen LogP contribution in [0.15, 0.2) is 60.7 Å². The zero-order valence-corrected chi connectivity index (χ0v) is 27.3. The van der Waals surface area contributed by atoms with Crippen molar-refractivity contribution in [1.82, 2.24) is 21.3 Å². The Balaban J connectivity index is 1.79. The molecule has 0 spiro atoms. The Labute approximate surface area is 267 Å². The van der Waals surface area contributed by atoms with E-state index in [-0.39, 0.29) is 24.0 Å². The number of carbonyl (C=O) groups is 5. The molecule has 1 aliphatic carbocycles. The minimum atomic E-state index is -0.972. The Morgan fingerprint density at radius 2 is 1.31 bits per heavy atom. The van der Waals surface area contributed by atoms with Crippen molar-refractivity contribution in [2.75, 3.05) is 0 Å². The highest BCUT2D eigenvalue weighted by atomic mass is 16.2. The summed E-state index contributed by atoms with van der Waals surface area (Å²) in [5.74, 6) is -1.39. The van der Waals surface area contributed by atoms with Gasteiger partial charge in [-0.2, -0.15) is 0 Å². The molecule has 3 unspecified atom stereocenters. The maximum atomic E-state index is 13.8. The molecule has 0 aliphatic heterocycles. The molecule has 9 heteroatoms. The molecule has 1 saturated carbocycles. The Hall–Kier alpha value is -4.01. The number of rotatable bonds is 19. The number of amides is 4. The lowest BCUT2D eigenvalue weighted by Crippen LogP contribution is -2.59. The number of nitrogens with one attached hydrogen (secondary N) is 4. The smallest absolute Gasteiger partial charge is 0.243 e. The molecule has 4 amide bonds. The molecule has 0 bridgehead atoms. The van der Waals surface area contributed by atoms with Crippen LogP contribution < -0.4 is 21.3 Å². The van der Waals surface area contributed by atoms with Gasteiger partial charge in [-0.05, 0) is 55.1 Å². The minimum Gasteiger partial charge on any atom is -0.347 e. The zero-order chi connectivity index (χ0) is 33.0. The van der Waals surface area contributed by atoms with Crippen LogP contribution in [0, 0.1) is 17.3 Å². The van der Waals surface area contributed by atoms with Gasteiger partial charge < -0.3 is 21.3 Å². The third kappa shape index (κ3) is 10.8. The highest BCUT2D eigenvalue weighted by molar-refractivity contribution is 5.97. The fourth-order valence-corrected chi connectivity index (χ4v) is 5.40. The molecule has 0 heterocycles. The molecule has 244 valence electrons. The summed E-state index contributed by atoms with van der Waals surface area (Å²) < 4.78 is 0. The summed E-state index contributed by atoms with van der Waals surface area (Å²) in [6.45, 7) is 9.76. The van der Waals surface area contributed by atoms with Crippen LogP contribution >= 0.6 is 0 Å². The van der Waals surface area contributed by atoms with E-state index in [9.17, 15) is 24.0 Å². The van der Waals surface area contributed by atoms with Gasteiger partial charge >= 0.3 is 0 Å². The first-order valence-electron chi connectivity index (χ1n) is 16.2. The normalized spacial score (nSPS) is 16.8. The average molecular weight is 619 g/mol. The van der Waals surface area contributed by atoms with E-state index in [1.807, 2.05) is 95.3 Å². The molecule has 3 rings (SSSR count). The second-order valence-corrected chi connectivity index (χ2v) is 13.1. The lowest BCUT2D eigenvalue weighted by molar-refractivity contribution is -0.135. The van der Waals surface area contributed by atoms with Gasteiger partial charge in [-0.1, -0.05) is 102 Å². The molecular formula is C36H50N4O5. The minimum absolute atomic E-state index is 0.0316. The van der Waals surface area contributed by atoms with E-state index in [0.29, 0.717) is 32.1 Å². The van der Waals surface area contributed by atoms with E-state index in [1.54, 1.807) is 0 Å². The SMILES string of the molecule is CCC(C)C(NC(=O)[C@H](Cc1ccccc1)NC(=O)C(CC(C)C)NC(=O)[C@H](CCc1ccccc1)NC=O)C(=O)C1(C)CC1. The summed E-state index contributed by atoms with van der Waals surface area (Å²) >= 11 is 0. The maximum absolute atomic E-state index is 13.8. The molecule has 2 aromatic carbocycles. The van der Waals surface area contributed by atoms with Gasteiger partial charge in [0.25, 0.3) is 0 Å². The monoisotopic (exact) mass is 618 g/mol. The van der Waals surface area contributed by atoms with Crippen LogP contribution in [0.1, 0.15) is 77.8 Å². The third-order valence-corrected chi connectivity index (χ3v) is 8.79. The maximum Gasteiger partial charge on any atom is 0.243 e. The number of Topliss-reactive ketones (excluding diaryl/α,β-unsaturated/α-hetero) is 1. The number of benzene rings is 2. The first-order chi connectivity index (χ1) is 21.5. The summed E-state index contributed by atoms with van der Waals surface area (Å²) in [5, 5.41) is 11.3.